The van der Waals surface area contributed by atoms with Crippen LogP contribution in [0.1, 0.15) is 184 Å². The lowest BCUT2D eigenvalue weighted by Crippen LogP contribution is -2.06. The van der Waals surface area contributed by atoms with Crippen LogP contribution in [0.5, 0.6) is 0 Å². The quantitative estimate of drug-likeness (QED) is 0.0820. The maximum absolute atomic E-state index is 11.9. The van der Waals surface area contributed by atoms with Gasteiger partial charge in [-0.25, -0.2) is 4.79 Å². The van der Waals surface area contributed by atoms with Crippen LogP contribution in [-0.4, -0.2) is 12.6 Å². The molecule has 0 atom stereocenters. The highest BCUT2D eigenvalue weighted by Crippen LogP contribution is 2.16. The summed E-state index contributed by atoms with van der Waals surface area (Å²) in [4.78, 5) is 11.9. The van der Waals surface area contributed by atoms with E-state index in [-0.39, 0.29) is 5.97 Å². The SMILES string of the molecule is CCCCCCCCCCCCCCCCCCCCCCCCCCCCOC(=O)c1ccccc1. The van der Waals surface area contributed by atoms with Crippen LogP contribution in [0.2, 0.25) is 0 Å². The van der Waals surface area contributed by atoms with Gasteiger partial charge in [-0.05, 0) is 18.6 Å². The fraction of sp³-hybridized carbons (Fsp3) is 0.800. The highest BCUT2D eigenvalue weighted by molar-refractivity contribution is 5.89. The molecule has 0 spiro atoms. The molecule has 0 aromatic heterocycles. The van der Waals surface area contributed by atoms with Gasteiger partial charge in [0.05, 0.1) is 12.2 Å². The second-order valence-corrected chi connectivity index (χ2v) is 11.3. The zero-order chi connectivity index (χ0) is 26.5. The standard InChI is InChI=1S/C35H62O2/c1-2-3-4-5-6-7-8-9-10-11-12-13-14-15-16-17-18-19-20-21-22-23-24-25-26-30-33-37-35(36)34-31-28-27-29-32-34/h27-29,31-32H,2-26,30,33H2,1H3. The van der Waals surface area contributed by atoms with Crippen molar-refractivity contribution < 1.29 is 9.53 Å². The van der Waals surface area contributed by atoms with Crippen molar-refractivity contribution in [3.63, 3.8) is 0 Å². The van der Waals surface area contributed by atoms with Gasteiger partial charge in [0, 0.05) is 0 Å². The number of carbonyl (C=O) groups is 1. The number of ether oxygens (including phenoxy) is 1. The molecule has 0 radical (unpaired) electrons. The highest BCUT2D eigenvalue weighted by Gasteiger charge is 2.05. The largest absolute Gasteiger partial charge is 0.462 e. The molecule has 0 bridgehead atoms. The van der Waals surface area contributed by atoms with Crippen molar-refractivity contribution in [3.8, 4) is 0 Å². The Labute approximate surface area is 231 Å². The maximum atomic E-state index is 11.9. The summed E-state index contributed by atoms with van der Waals surface area (Å²) in [5.41, 5.74) is 0.650. The molecule has 37 heavy (non-hydrogen) atoms. The van der Waals surface area contributed by atoms with Gasteiger partial charge in [0.25, 0.3) is 0 Å². The zero-order valence-electron chi connectivity index (χ0n) is 24.8. The molecule has 0 unspecified atom stereocenters. The maximum Gasteiger partial charge on any atom is 0.338 e. The van der Waals surface area contributed by atoms with Gasteiger partial charge in [0.2, 0.25) is 0 Å². The van der Waals surface area contributed by atoms with Gasteiger partial charge in [-0.2, -0.15) is 0 Å². The van der Waals surface area contributed by atoms with E-state index in [9.17, 15) is 4.79 Å². The topological polar surface area (TPSA) is 26.3 Å². The van der Waals surface area contributed by atoms with Gasteiger partial charge < -0.3 is 4.74 Å². The first kappa shape index (κ1) is 33.7. The van der Waals surface area contributed by atoms with E-state index in [4.69, 9.17) is 4.74 Å². The second kappa shape index (κ2) is 27.7. The van der Waals surface area contributed by atoms with Gasteiger partial charge in [-0.3, -0.25) is 0 Å². The molecule has 0 fully saturated rings. The lowest BCUT2D eigenvalue weighted by molar-refractivity contribution is 0.0497. The Morgan fingerprint density at radius 2 is 0.757 bits per heavy atom. The van der Waals surface area contributed by atoms with Crippen molar-refractivity contribution in [3.05, 3.63) is 35.9 Å². The van der Waals surface area contributed by atoms with Crippen LogP contribution in [0.3, 0.4) is 0 Å². The number of unbranched alkanes of at least 4 members (excludes halogenated alkanes) is 25. The molecule has 0 aliphatic heterocycles. The van der Waals surface area contributed by atoms with Crippen LogP contribution >= 0.6 is 0 Å². The van der Waals surface area contributed by atoms with Crippen LogP contribution in [0.25, 0.3) is 0 Å². The molecule has 0 aliphatic rings. The lowest BCUT2D eigenvalue weighted by Gasteiger charge is -2.05. The molecular weight excluding hydrogens is 452 g/mol. The van der Waals surface area contributed by atoms with Crippen LogP contribution in [-0.2, 0) is 4.74 Å². The van der Waals surface area contributed by atoms with Crippen LogP contribution < -0.4 is 0 Å². The second-order valence-electron chi connectivity index (χ2n) is 11.3. The van der Waals surface area contributed by atoms with E-state index in [1.807, 2.05) is 30.3 Å². The number of benzene rings is 1. The average Bonchev–Trinajstić information content (AvgIpc) is 2.93. The number of hydrogen-bond donors (Lipinski definition) is 0. The molecule has 0 heterocycles. The van der Waals surface area contributed by atoms with E-state index < -0.39 is 0 Å². The number of esters is 1. The van der Waals surface area contributed by atoms with Crippen molar-refractivity contribution in [2.75, 3.05) is 6.61 Å². The molecule has 0 saturated heterocycles. The van der Waals surface area contributed by atoms with E-state index >= 15 is 0 Å². The van der Waals surface area contributed by atoms with Gasteiger partial charge >= 0.3 is 5.97 Å². The molecule has 1 aromatic rings. The Balaban J connectivity index is 1.66. The fourth-order valence-corrected chi connectivity index (χ4v) is 5.24. The van der Waals surface area contributed by atoms with Gasteiger partial charge in [-0.15, -0.1) is 0 Å². The molecular formula is C35H62O2. The Morgan fingerprint density at radius 1 is 0.459 bits per heavy atom. The third-order valence-electron chi connectivity index (χ3n) is 7.74. The van der Waals surface area contributed by atoms with Crippen LogP contribution in [0, 0.1) is 0 Å². The summed E-state index contributed by atoms with van der Waals surface area (Å²) in [5, 5.41) is 0. The normalized spacial score (nSPS) is 11.2. The van der Waals surface area contributed by atoms with Crippen molar-refractivity contribution in [1.82, 2.24) is 0 Å². The summed E-state index contributed by atoms with van der Waals surface area (Å²) in [5.74, 6) is -0.194. The van der Waals surface area contributed by atoms with E-state index in [2.05, 4.69) is 6.92 Å². The van der Waals surface area contributed by atoms with Crippen LogP contribution in [0.15, 0.2) is 30.3 Å². The van der Waals surface area contributed by atoms with Gasteiger partial charge in [-0.1, -0.05) is 186 Å². The summed E-state index contributed by atoms with van der Waals surface area (Å²) in [6.07, 6.45) is 36.5. The molecule has 0 saturated carbocycles. The first-order chi connectivity index (χ1) is 18.3. The van der Waals surface area contributed by atoms with Crippen molar-refractivity contribution in [2.45, 2.75) is 174 Å². The fourth-order valence-electron chi connectivity index (χ4n) is 5.24. The molecule has 2 nitrogen and oxygen atoms in total. The van der Waals surface area contributed by atoms with Crippen molar-refractivity contribution in [2.24, 2.45) is 0 Å². The third-order valence-corrected chi connectivity index (χ3v) is 7.74. The molecule has 0 aliphatic carbocycles. The summed E-state index contributed by atoms with van der Waals surface area (Å²) in [7, 11) is 0. The third kappa shape index (κ3) is 23.5. The number of rotatable bonds is 28. The van der Waals surface area contributed by atoms with E-state index in [1.165, 1.54) is 161 Å². The molecule has 214 valence electrons. The summed E-state index contributed by atoms with van der Waals surface area (Å²) >= 11 is 0. The predicted molar refractivity (Wildman–Crippen MR) is 162 cm³/mol. The predicted octanol–water partition coefficient (Wildman–Crippen LogP) is 12.0. The Kier molecular flexibility index (Phi) is 25.3. The lowest BCUT2D eigenvalue weighted by atomic mass is 10.0. The number of hydrogen-bond acceptors (Lipinski definition) is 2. The minimum Gasteiger partial charge on any atom is -0.462 e. The average molecular weight is 515 g/mol. The highest BCUT2D eigenvalue weighted by atomic mass is 16.5. The van der Waals surface area contributed by atoms with E-state index in [0.29, 0.717) is 12.2 Å². The molecule has 1 rings (SSSR count). The minimum atomic E-state index is -0.194. The Bertz CT molecular complexity index is 582. The van der Waals surface area contributed by atoms with Gasteiger partial charge in [0.1, 0.15) is 0 Å². The van der Waals surface area contributed by atoms with Gasteiger partial charge in [0.15, 0.2) is 0 Å². The van der Waals surface area contributed by atoms with E-state index in [1.54, 1.807) is 0 Å². The Morgan fingerprint density at radius 3 is 1.08 bits per heavy atom. The zero-order valence-corrected chi connectivity index (χ0v) is 24.8. The minimum absolute atomic E-state index is 0.194. The first-order valence-electron chi connectivity index (χ1n) is 16.6. The molecule has 0 N–H and O–H groups in total. The van der Waals surface area contributed by atoms with Crippen LogP contribution in [0.4, 0.5) is 0 Å². The summed E-state index contributed by atoms with van der Waals surface area (Å²) in [6.45, 7) is 2.85. The van der Waals surface area contributed by atoms with E-state index in [0.717, 1.165) is 6.42 Å². The smallest absolute Gasteiger partial charge is 0.338 e. The summed E-state index contributed by atoms with van der Waals surface area (Å²) in [6, 6.07) is 9.28. The summed E-state index contributed by atoms with van der Waals surface area (Å²) < 4.78 is 5.34. The van der Waals surface area contributed by atoms with Crippen molar-refractivity contribution >= 4 is 5.97 Å². The molecule has 0 amide bonds. The Hall–Kier alpha value is -1.31. The van der Waals surface area contributed by atoms with Crippen molar-refractivity contribution in [1.29, 1.82) is 0 Å². The monoisotopic (exact) mass is 514 g/mol. The number of carbonyl (C=O) groups excluding carboxylic acids is 1. The molecule has 2 heteroatoms. The first-order valence-corrected chi connectivity index (χ1v) is 16.6. The molecule has 1 aromatic carbocycles.